The zero-order valence-corrected chi connectivity index (χ0v) is 10.0. The van der Waals surface area contributed by atoms with Crippen molar-refractivity contribution >= 4 is 23.5 Å². The third kappa shape index (κ3) is 2.15. The summed E-state index contributed by atoms with van der Waals surface area (Å²) in [5.74, 6) is 0. The standard InChI is InChI=1S/C13H11ClN3/c1-8-5-9(6-10(7-15)12(8)16)11-3-2-4-17-13(11)14/h2-7,15-16H,1H3/q-1. The van der Waals surface area contributed by atoms with Gasteiger partial charge in [0.1, 0.15) is 5.15 Å². The lowest BCUT2D eigenvalue weighted by atomic mass is 10.00. The van der Waals surface area contributed by atoms with E-state index in [1.54, 1.807) is 12.3 Å². The highest BCUT2D eigenvalue weighted by Crippen LogP contribution is 2.31. The minimum absolute atomic E-state index is 0.378. The second-order valence-corrected chi connectivity index (χ2v) is 4.10. The van der Waals surface area contributed by atoms with Crippen LogP contribution >= 0.6 is 11.6 Å². The summed E-state index contributed by atoms with van der Waals surface area (Å²) in [7, 11) is 0. The van der Waals surface area contributed by atoms with Crippen molar-refractivity contribution in [3.8, 4) is 11.1 Å². The summed E-state index contributed by atoms with van der Waals surface area (Å²) in [5, 5.41) is 7.73. The minimum atomic E-state index is 0.378. The quantitative estimate of drug-likeness (QED) is 0.618. The molecule has 3 nitrogen and oxygen atoms in total. The van der Waals surface area contributed by atoms with E-state index >= 15 is 0 Å². The first-order valence-corrected chi connectivity index (χ1v) is 5.49. The molecule has 0 spiro atoms. The van der Waals surface area contributed by atoms with Crippen molar-refractivity contribution in [1.29, 1.82) is 5.41 Å². The summed E-state index contributed by atoms with van der Waals surface area (Å²) in [6, 6.07) is 7.36. The Morgan fingerprint density at radius 3 is 2.82 bits per heavy atom. The molecule has 2 aromatic rings. The highest BCUT2D eigenvalue weighted by molar-refractivity contribution is 6.32. The fraction of sp³-hybridized carbons (Fsp3) is 0.0769. The SMILES string of the molecule is Cc1cc(-c2cccnc2Cl)cc(C=N)c1[NH-]. The second kappa shape index (κ2) is 4.55. The van der Waals surface area contributed by atoms with E-state index in [9.17, 15) is 0 Å². The lowest BCUT2D eigenvalue weighted by Crippen LogP contribution is -1.89. The molecule has 0 saturated carbocycles. The second-order valence-electron chi connectivity index (χ2n) is 3.74. The summed E-state index contributed by atoms with van der Waals surface area (Å²) in [5.41, 5.74) is 11.3. The largest absolute Gasteiger partial charge is 0.698 e. The molecule has 0 bridgehead atoms. The van der Waals surface area contributed by atoms with Gasteiger partial charge in [-0.25, -0.2) is 4.98 Å². The van der Waals surface area contributed by atoms with Crippen LogP contribution in [-0.4, -0.2) is 11.2 Å². The Balaban J connectivity index is 2.65. The van der Waals surface area contributed by atoms with E-state index in [0.717, 1.165) is 16.7 Å². The number of pyridine rings is 1. The molecule has 0 amide bonds. The molecule has 0 radical (unpaired) electrons. The van der Waals surface area contributed by atoms with Crippen molar-refractivity contribution in [2.45, 2.75) is 6.92 Å². The number of nitrogens with one attached hydrogen (secondary N) is 2. The van der Waals surface area contributed by atoms with Gasteiger partial charge in [0.15, 0.2) is 0 Å². The van der Waals surface area contributed by atoms with E-state index in [0.29, 0.717) is 16.4 Å². The summed E-state index contributed by atoms with van der Waals surface area (Å²) < 4.78 is 0. The molecule has 2 rings (SSSR count). The van der Waals surface area contributed by atoms with E-state index in [2.05, 4.69) is 4.98 Å². The Kier molecular flexibility index (Phi) is 3.11. The molecule has 0 unspecified atom stereocenters. The molecule has 1 aromatic heterocycles. The van der Waals surface area contributed by atoms with Crippen molar-refractivity contribution in [3.63, 3.8) is 0 Å². The molecule has 0 fully saturated rings. The highest BCUT2D eigenvalue weighted by atomic mass is 35.5. The molecular weight excluding hydrogens is 234 g/mol. The van der Waals surface area contributed by atoms with Gasteiger partial charge in [-0.3, -0.25) is 0 Å². The average molecular weight is 245 g/mol. The molecule has 0 aliphatic heterocycles. The molecule has 1 aromatic carbocycles. The lowest BCUT2D eigenvalue weighted by Gasteiger charge is -2.15. The zero-order chi connectivity index (χ0) is 12.4. The summed E-state index contributed by atoms with van der Waals surface area (Å²) in [4.78, 5) is 4.02. The third-order valence-electron chi connectivity index (χ3n) is 2.59. The number of aryl methyl sites for hydroxylation is 1. The Hall–Kier alpha value is -1.87. The molecule has 0 saturated heterocycles. The van der Waals surface area contributed by atoms with Crippen molar-refractivity contribution < 1.29 is 0 Å². The first-order valence-electron chi connectivity index (χ1n) is 5.11. The van der Waals surface area contributed by atoms with Crippen LogP contribution in [0.15, 0.2) is 30.5 Å². The first kappa shape index (κ1) is 11.6. The van der Waals surface area contributed by atoms with Crippen LogP contribution in [0.25, 0.3) is 16.9 Å². The third-order valence-corrected chi connectivity index (χ3v) is 2.89. The van der Waals surface area contributed by atoms with Gasteiger partial charge < -0.3 is 11.1 Å². The molecule has 17 heavy (non-hydrogen) atoms. The van der Waals surface area contributed by atoms with Gasteiger partial charge >= 0.3 is 0 Å². The van der Waals surface area contributed by atoms with Crippen LogP contribution in [0.4, 0.5) is 5.69 Å². The molecule has 0 aliphatic rings. The fourth-order valence-corrected chi connectivity index (χ4v) is 1.91. The maximum absolute atomic E-state index is 7.81. The van der Waals surface area contributed by atoms with Crippen LogP contribution in [0.3, 0.4) is 0 Å². The van der Waals surface area contributed by atoms with Crippen LogP contribution in [0, 0.1) is 12.3 Å². The monoisotopic (exact) mass is 244 g/mol. The number of halogens is 1. The van der Waals surface area contributed by atoms with E-state index in [4.69, 9.17) is 22.7 Å². The van der Waals surface area contributed by atoms with Crippen molar-refractivity contribution in [2.24, 2.45) is 0 Å². The van der Waals surface area contributed by atoms with Gasteiger partial charge in [-0.05, 0) is 36.2 Å². The maximum atomic E-state index is 7.81. The van der Waals surface area contributed by atoms with E-state index in [1.807, 2.05) is 25.1 Å². The summed E-state index contributed by atoms with van der Waals surface area (Å²) in [6.45, 7) is 1.85. The van der Waals surface area contributed by atoms with Gasteiger partial charge in [-0.2, -0.15) is 0 Å². The van der Waals surface area contributed by atoms with Crippen LogP contribution in [0.1, 0.15) is 11.1 Å². The topological polar surface area (TPSA) is 60.5 Å². The molecule has 1 heterocycles. The van der Waals surface area contributed by atoms with Gasteiger partial charge in [0, 0.05) is 18.0 Å². The number of hydrogen-bond donors (Lipinski definition) is 1. The molecule has 4 heteroatoms. The van der Waals surface area contributed by atoms with E-state index in [-0.39, 0.29) is 0 Å². The molecule has 0 aliphatic carbocycles. The average Bonchev–Trinajstić information content (AvgIpc) is 2.33. The summed E-state index contributed by atoms with van der Waals surface area (Å²) >= 11 is 6.03. The van der Waals surface area contributed by atoms with Crippen molar-refractivity contribution in [3.05, 3.63) is 52.5 Å². The van der Waals surface area contributed by atoms with Crippen LogP contribution < -0.4 is 0 Å². The van der Waals surface area contributed by atoms with Gasteiger partial charge in [-0.15, -0.1) is 5.69 Å². The van der Waals surface area contributed by atoms with Crippen molar-refractivity contribution in [1.82, 2.24) is 4.98 Å². The number of aromatic nitrogens is 1. The lowest BCUT2D eigenvalue weighted by molar-refractivity contribution is 1.32. The Labute approximate surface area is 105 Å². The number of hydrogen-bond acceptors (Lipinski definition) is 2. The molecule has 0 atom stereocenters. The van der Waals surface area contributed by atoms with Gasteiger partial charge in [0.2, 0.25) is 0 Å². The van der Waals surface area contributed by atoms with Crippen LogP contribution in [0.5, 0.6) is 0 Å². The smallest absolute Gasteiger partial charge is 0.136 e. The van der Waals surface area contributed by atoms with Gasteiger partial charge in [0.05, 0.1) is 0 Å². The highest BCUT2D eigenvalue weighted by Gasteiger charge is 2.06. The summed E-state index contributed by atoms with van der Waals surface area (Å²) in [6.07, 6.45) is 2.82. The number of nitrogens with zero attached hydrogens (tertiary/aromatic N) is 1. The minimum Gasteiger partial charge on any atom is -0.698 e. The Morgan fingerprint density at radius 2 is 2.18 bits per heavy atom. The van der Waals surface area contributed by atoms with E-state index < -0.39 is 0 Å². The Morgan fingerprint density at radius 1 is 1.41 bits per heavy atom. The zero-order valence-electron chi connectivity index (χ0n) is 9.29. The van der Waals surface area contributed by atoms with Crippen LogP contribution in [0.2, 0.25) is 5.15 Å². The predicted molar refractivity (Wildman–Crippen MR) is 71.3 cm³/mol. The molecule has 86 valence electrons. The van der Waals surface area contributed by atoms with Gasteiger partial charge in [-0.1, -0.05) is 23.2 Å². The maximum Gasteiger partial charge on any atom is 0.136 e. The van der Waals surface area contributed by atoms with Crippen molar-refractivity contribution in [2.75, 3.05) is 0 Å². The fourth-order valence-electron chi connectivity index (χ4n) is 1.69. The van der Waals surface area contributed by atoms with Gasteiger partial charge in [0.25, 0.3) is 0 Å². The number of benzene rings is 1. The first-order chi connectivity index (χ1) is 8.13. The Bertz CT molecular complexity index is 579. The molecular formula is C13H11ClN3-. The van der Waals surface area contributed by atoms with Crippen LogP contribution in [-0.2, 0) is 0 Å². The number of rotatable bonds is 2. The predicted octanol–water partition coefficient (Wildman–Crippen LogP) is 4.39. The van der Waals surface area contributed by atoms with E-state index in [1.165, 1.54) is 6.21 Å². The molecule has 2 N–H and O–H groups in total. The normalized spacial score (nSPS) is 10.2.